The Labute approximate surface area is 248 Å². The molecule has 1 aliphatic heterocycles. The topological polar surface area (TPSA) is 141 Å². The van der Waals surface area contributed by atoms with E-state index in [0.29, 0.717) is 52.9 Å². The molecule has 1 aliphatic carbocycles. The van der Waals surface area contributed by atoms with Gasteiger partial charge in [0.1, 0.15) is 25.4 Å². The number of aromatic nitrogens is 2. The van der Waals surface area contributed by atoms with Crippen molar-refractivity contribution in [3.05, 3.63) is 61.7 Å². The van der Waals surface area contributed by atoms with Gasteiger partial charge in [0.25, 0.3) is 5.56 Å². The van der Waals surface area contributed by atoms with Gasteiger partial charge in [-0.1, -0.05) is 6.92 Å². The van der Waals surface area contributed by atoms with Gasteiger partial charge >= 0.3 is 0 Å². The number of hydrogen-bond acceptors (Lipinski definition) is 8. The predicted octanol–water partition coefficient (Wildman–Crippen LogP) is 2.12. The van der Waals surface area contributed by atoms with E-state index in [4.69, 9.17) is 14.5 Å². The van der Waals surface area contributed by atoms with Crippen LogP contribution in [-0.2, 0) is 43.4 Å². The van der Waals surface area contributed by atoms with Crippen molar-refractivity contribution in [3.8, 4) is 11.4 Å². The van der Waals surface area contributed by atoms with Crippen LogP contribution in [0.4, 0.5) is 4.39 Å². The molecule has 1 aromatic carbocycles. The number of nitrogens with zero attached hydrogens (tertiary/aromatic N) is 2. The van der Waals surface area contributed by atoms with Crippen LogP contribution in [0.1, 0.15) is 65.1 Å². The van der Waals surface area contributed by atoms with Gasteiger partial charge in [-0.15, -0.1) is 0 Å². The van der Waals surface area contributed by atoms with Crippen molar-refractivity contribution in [2.24, 2.45) is 0 Å². The molecule has 0 bridgehead atoms. The molecule has 0 saturated carbocycles. The third-order valence-electron chi connectivity index (χ3n) is 8.34. The van der Waals surface area contributed by atoms with Gasteiger partial charge < -0.3 is 34.8 Å². The van der Waals surface area contributed by atoms with Crippen LogP contribution in [0, 0.1) is 12.7 Å². The molecule has 228 valence electrons. The van der Waals surface area contributed by atoms with E-state index in [1.807, 2.05) is 13.0 Å². The highest BCUT2D eigenvalue weighted by molar-refractivity contribution is 5.93. The molecular weight excluding hydrogens is 557 g/mol. The molecule has 43 heavy (non-hydrogen) atoms. The maximum absolute atomic E-state index is 15.1. The zero-order valence-corrected chi connectivity index (χ0v) is 24.8. The van der Waals surface area contributed by atoms with E-state index >= 15 is 4.39 Å². The van der Waals surface area contributed by atoms with Crippen LogP contribution < -0.4 is 21.5 Å². The van der Waals surface area contributed by atoms with Crippen LogP contribution in [0.25, 0.3) is 22.3 Å². The first-order valence-corrected chi connectivity index (χ1v) is 14.4. The van der Waals surface area contributed by atoms with Crippen LogP contribution in [0.3, 0.4) is 0 Å². The highest BCUT2D eigenvalue weighted by Crippen LogP contribution is 2.45. The molecule has 2 amide bonds. The van der Waals surface area contributed by atoms with Crippen molar-refractivity contribution in [2.75, 3.05) is 34.0 Å². The number of methoxy groups -OCH3 is 1. The summed E-state index contributed by atoms with van der Waals surface area (Å²) in [6, 6.07) is 2.79. The van der Waals surface area contributed by atoms with Gasteiger partial charge in [-0.3, -0.25) is 14.4 Å². The average molecular weight is 594 g/mol. The fourth-order valence-electron chi connectivity index (χ4n) is 6.25. The Hall–Kier alpha value is -4.00. The Morgan fingerprint density at radius 1 is 1.26 bits per heavy atom. The second-order valence-corrected chi connectivity index (χ2v) is 10.9. The van der Waals surface area contributed by atoms with Crippen LogP contribution in [0.2, 0.25) is 0 Å². The number of fused-ring (bicyclic) bond motifs is 4. The molecular formula is C31H36FN5O6. The third-order valence-corrected chi connectivity index (χ3v) is 8.34. The fourth-order valence-corrected chi connectivity index (χ4v) is 6.25. The number of aldehydes is 1. The van der Waals surface area contributed by atoms with Crippen LogP contribution in [0.15, 0.2) is 16.9 Å². The molecule has 0 fully saturated rings. The maximum atomic E-state index is 15.1. The van der Waals surface area contributed by atoms with Gasteiger partial charge in [0.05, 0.1) is 42.6 Å². The number of rotatable bonds is 12. The minimum Gasteiger partial charge on any atom is -0.380 e. The second kappa shape index (κ2) is 12.7. The van der Waals surface area contributed by atoms with Gasteiger partial charge in [-0.05, 0) is 61.6 Å². The largest absolute Gasteiger partial charge is 0.380 e. The Morgan fingerprint density at radius 3 is 2.74 bits per heavy atom. The Balaban J connectivity index is 1.58. The standard InChI is InChI=1S/C31H36FN5O6/c1-5-17(12-38)19-8-25-30-20(11-37(25)31(41)21(19)13-42-4)29-23(35-27(40)14-43-15-34-26(39)10-33-3)7-6-18-16(2)22(32)9-24(36-30)28(18)29/h8-9,12,17,23,33H,5-7,10-11,13-15H2,1-4H3,(H,34,39)(H,35,40). The molecule has 0 saturated heterocycles. The van der Waals surface area contributed by atoms with E-state index < -0.39 is 12.0 Å². The van der Waals surface area contributed by atoms with Gasteiger partial charge in [-0.25, -0.2) is 9.37 Å². The normalized spacial score (nSPS) is 15.6. The minimum absolute atomic E-state index is 0.0556. The van der Waals surface area contributed by atoms with Crippen LogP contribution in [-0.4, -0.2) is 61.7 Å². The van der Waals surface area contributed by atoms with Crippen molar-refractivity contribution < 1.29 is 28.2 Å². The van der Waals surface area contributed by atoms with Crippen molar-refractivity contribution >= 4 is 29.0 Å². The summed E-state index contributed by atoms with van der Waals surface area (Å²) in [7, 11) is 3.15. The van der Waals surface area contributed by atoms with Crippen molar-refractivity contribution in [2.45, 2.75) is 58.2 Å². The molecule has 12 heteroatoms. The molecule has 3 N–H and O–H groups in total. The molecule has 2 unspecified atom stereocenters. The van der Waals surface area contributed by atoms with Crippen molar-refractivity contribution in [3.63, 3.8) is 0 Å². The number of benzene rings is 1. The number of ether oxygens (including phenoxy) is 2. The van der Waals surface area contributed by atoms with Gasteiger partial charge in [-0.2, -0.15) is 0 Å². The number of aryl methyl sites for hydroxylation is 1. The van der Waals surface area contributed by atoms with Gasteiger partial charge in [0.2, 0.25) is 11.8 Å². The quantitative estimate of drug-likeness (QED) is 0.129. The van der Waals surface area contributed by atoms with Gasteiger partial charge in [0, 0.05) is 35.6 Å². The van der Waals surface area contributed by atoms with E-state index in [1.54, 1.807) is 18.5 Å². The lowest BCUT2D eigenvalue weighted by Crippen LogP contribution is -2.37. The summed E-state index contributed by atoms with van der Waals surface area (Å²) in [6.45, 7) is 3.64. The molecule has 2 aliphatic rings. The summed E-state index contributed by atoms with van der Waals surface area (Å²) < 4.78 is 27.4. The molecule has 2 atom stereocenters. The smallest absolute Gasteiger partial charge is 0.257 e. The molecule has 5 rings (SSSR count). The Morgan fingerprint density at radius 2 is 2.05 bits per heavy atom. The predicted molar refractivity (Wildman–Crippen MR) is 157 cm³/mol. The van der Waals surface area contributed by atoms with E-state index in [9.17, 15) is 19.2 Å². The number of amides is 2. The zero-order chi connectivity index (χ0) is 30.8. The molecule has 3 aromatic rings. The number of hydrogen-bond donors (Lipinski definition) is 3. The Kier molecular flexibility index (Phi) is 9.00. The number of carbonyl (C=O) groups is 3. The first-order chi connectivity index (χ1) is 20.7. The number of halogens is 1. The van der Waals surface area contributed by atoms with Crippen molar-refractivity contribution in [1.29, 1.82) is 0 Å². The van der Waals surface area contributed by atoms with E-state index in [0.717, 1.165) is 28.4 Å². The number of likely N-dealkylation sites (N-methyl/N-ethyl adjacent to an activating group) is 1. The summed E-state index contributed by atoms with van der Waals surface area (Å²) in [5.74, 6) is -1.49. The molecule has 3 heterocycles. The summed E-state index contributed by atoms with van der Waals surface area (Å²) in [4.78, 5) is 55.2. The van der Waals surface area contributed by atoms with E-state index in [-0.39, 0.29) is 56.2 Å². The molecule has 0 radical (unpaired) electrons. The lowest BCUT2D eigenvalue weighted by Gasteiger charge is -2.29. The summed E-state index contributed by atoms with van der Waals surface area (Å²) in [6.07, 6.45) is 2.39. The summed E-state index contributed by atoms with van der Waals surface area (Å²) in [5, 5.41) is 9.13. The Bertz CT molecular complexity index is 1670. The first-order valence-electron chi connectivity index (χ1n) is 14.4. The number of nitrogens with one attached hydrogen (secondary N) is 3. The maximum Gasteiger partial charge on any atom is 0.257 e. The zero-order valence-electron chi connectivity index (χ0n) is 24.8. The van der Waals surface area contributed by atoms with E-state index in [1.165, 1.54) is 13.2 Å². The average Bonchev–Trinajstić information content (AvgIpc) is 3.35. The SMILES string of the molecule is CCC(C=O)c1cc2n(c(=O)c1COC)Cc1c-2nc2cc(F)c(C)c3c2c1C(NC(=O)COCNC(=O)CNC)CC3. The molecule has 0 spiro atoms. The lowest BCUT2D eigenvalue weighted by molar-refractivity contribution is -0.129. The molecule has 2 aromatic heterocycles. The van der Waals surface area contributed by atoms with Crippen LogP contribution in [0.5, 0.6) is 0 Å². The first kappa shape index (κ1) is 30.5. The minimum atomic E-state index is -0.492. The van der Waals surface area contributed by atoms with Crippen molar-refractivity contribution in [1.82, 2.24) is 25.5 Å². The third kappa shape index (κ3) is 5.57. The highest BCUT2D eigenvalue weighted by Gasteiger charge is 2.35. The van der Waals surface area contributed by atoms with Gasteiger partial charge in [0.15, 0.2) is 0 Å². The second-order valence-electron chi connectivity index (χ2n) is 10.9. The van der Waals surface area contributed by atoms with Crippen LogP contribution >= 0.6 is 0 Å². The number of carbonyl (C=O) groups excluding carboxylic acids is 3. The monoisotopic (exact) mass is 593 g/mol. The number of pyridine rings is 2. The lowest BCUT2D eigenvalue weighted by atomic mass is 9.81. The highest BCUT2D eigenvalue weighted by atomic mass is 19.1. The summed E-state index contributed by atoms with van der Waals surface area (Å²) in [5.41, 5.74) is 5.23. The summed E-state index contributed by atoms with van der Waals surface area (Å²) >= 11 is 0. The molecule has 11 nitrogen and oxygen atoms in total. The fraction of sp³-hybridized carbons (Fsp3) is 0.452. The van der Waals surface area contributed by atoms with E-state index in [2.05, 4.69) is 16.0 Å².